The average Bonchev–Trinajstić information content (AvgIpc) is 3.16. The molecule has 200 valence electrons. The van der Waals surface area contributed by atoms with Gasteiger partial charge in [0.15, 0.2) is 6.23 Å². The Bertz CT molecular complexity index is 1270. The van der Waals surface area contributed by atoms with E-state index in [1.165, 1.54) is 6.20 Å². The van der Waals surface area contributed by atoms with Crippen LogP contribution in [0.15, 0.2) is 52.2 Å². The molecule has 37 heavy (non-hydrogen) atoms. The lowest BCUT2D eigenvalue weighted by Crippen LogP contribution is -2.39. The monoisotopic (exact) mass is 551 g/mol. The van der Waals surface area contributed by atoms with Gasteiger partial charge in [-0.3, -0.25) is 19.1 Å². The molecule has 2 aromatic rings. The van der Waals surface area contributed by atoms with E-state index in [9.17, 15) is 19.5 Å². The summed E-state index contributed by atoms with van der Waals surface area (Å²) in [5.41, 5.74) is -1.32. The summed E-state index contributed by atoms with van der Waals surface area (Å²) in [6.45, 7) is 1.60. The van der Waals surface area contributed by atoms with Crippen LogP contribution in [-0.4, -0.2) is 51.6 Å². The molecule has 0 aliphatic carbocycles. The third kappa shape index (κ3) is 7.38. The molecule has 1 fully saturated rings. The number of aromatic amines is 1. The molecule has 0 bridgehead atoms. The van der Waals surface area contributed by atoms with Gasteiger partial charge < -0.3 is 23.6 Å². The van der Waals surface area contributed by atoms with Crippen LogP contribution < -0.4 is 20.9 Å². The molecule has 11 nitrogen and oxygen atoms in total. The standard InChI is InChI=1S/C24H30N3O8PS/c1-5-17-21(29)19(34-22(17)27-13-12-20(28)25-24(27)31)14-32-36(37,35-16-10-8-7-9-11-16)26-18(6-2)23(30)33-15(3)4/h1,7-13,15,17-19,21-22,29H,6,14H2,2-4H3,(H,26,37)(H,25,28,31)/t17?,18-,19+,21-,22+,36?/m0/s1. The molecule has 13 heteroatoms. The van der Waals surface area contributed by atoms with E-state index in [4.69, 9.17) is 36.8 Å². The highest BCUT2D eigenvalue weighted by atomic mass is 32.5. The molecule has 3 rings (SSSR count). The first-order chi connectivity index (χ1) is 17.6. The van der Waals surface area contributed by atoms with Gasteiger partial charge >= 0.3 is 18.3 Å². The predicted molar refractivity (Wildman–Crippen MR) is 139 cm³/mol. The number of ether oxygens (including phenoxy) is 2. The Morgan fingerprint density at radius 3 is 2.62 bits per heavy atom. The zero-order valence-electron chi connectivity index (χ0n) is 20.6. The third-order valence-corrected chi connectivity index (χ3v) is 7.85. The zero-order chi connectivity index (χ0) is 27.2. The van der Waals surface area contributed by atoms with Crippen molar-refractivity contribution in [3.63, 3.8) is 0 Å². The first kappa shape index (κ1) is 28.8. The van der Waals surface area contributed by atoms with E-state index in [1.807, 2.05) is 0 Å². The number of nitrogens with one attached hydrogen (secondary N) is 2. The quantitative estimate of drug-likeness (QED) is 0.215. The number of para-hydroxylation sites is 1. The van der Waals surface area contributed by atoms with Crippen LogP contribution in [0.5, 0.6) is 5.75 Å². The largest absolute Gasteiger partial charge is 0.462 e. The lowest BCUT2D eigenvalue weighted by molar-refractivity contribution is -0.149. The number of nitrogens with zero attached hydrogens (tertiary/aromatic N) is 1. The van der Waals surface area contributed by atoms with Gasteiger partial charge in [0.2, 0.25) is 0 Å². The topological polar surface area (TPSA) is 141 Å². The lowest BCUT2D eigenvalue weighted by atomic mass is 10.0. The smallest absolute Gasteiger partial charge is 0.330 e. The first-order valence-corrected chi connectivity index (χ1v) is 14.3. The van der Waals surface area contributed by atoms with Gasteiger partial charge in [0, 0.05) is 12.3 Å². The minimum atomic E-state index is -3.40. The van der Waals surface area contributed by atoms with Crippen LogP contribution in [0, 0.1) is 18.3 Å². The Morgan fingerprint density at radius 2 is 2.03 bits per heavy atom. The minimum absolute atomic E-state index is 0.263. The fourth-order valence-electron chi connectivity index (χ4n) is 3.63. The lowest BCUT2D eigenvalue weighted by Gasteiger charge is -2.29. The van der Waals surface area contributed by atoms with Gasteiger partial charge in [-0.05, 0) is 44.2 Å². The fourth-order valence-corrected chi connectivity index (χ4v) is 6.04. The van der Waals surface area contributed by atoms with E-state index >= 15 is 0 Å². The molecule has 0 saturated carbocycles. The molecule has 3 N–H and O–H groups in total. The average molecular weight is 552 g/mol. The number of benzene rings is 1. The second kappa shape index (κ2) is 12.6. The molecule has 0 spiro atoms. The molecular formula is C24H30N3O8PS. The number of esters is 1. The Morgan fingerprint density at radius 1 is 1.32 bits per heavy atom. The van der Waals surface area contributed by atoms with Crippen LogP contribution in [0.3, 0.4) is 0 Å². The van der Waals surface area contributed by atoms with Crippen LogP contribution in [0.1, 0.15) is 33.4 Å². The highest BCUT2D eigenvalue weighted by Gasteiger charge is 2.45. The van der Waals surface area contributed by atoms with Gasteiger partial charge in [-0.15, -0.1) is 6.42 Å². The maximum Gasteiger partial charge on any atom is 0.330 e. The van der Waals surface area contributed by atoms with E-state index in [0.717, 1.165) is 10.6 Å². The second-order valence-electron chi connectivity index (χ2n) is 8.54. The van der Waals surface area contributed by atoms with Crippen LogP contribution in [0.2, 0.25) is 0 Å². The highest BCUT2D eigenvalue weighted by molar-refractivity contribution is 8.09. The number of terminal acetylenes is 1. The molecule has 1 aromatic carbocycles. The number of aromatic nitrogens is 2. The predicted octanol–water partition coefficient (Wildman–Crippen LogP) is 1.68. The van der Waals surface area contributed by atoms with E-state index in [1.54, 1.807) is 51.1 Å². The summed E-state index contributed by atoms with van der Waals surface area (Å²) in [5.74, 6) is 1.43. The van der Waals surface area contributed by atoms with Crippen molar-refractivity contribution < 1.29 is 28.4 Å². The summed E-state index contributed by atoms with van der Waals surface area (Å²) >= 11 is 5.72. The molecule has 1 saturated heterocycles. The number of H-pyrrole nitrogens is 1. The number of hydrogen-bond donors (Lipinski definition) is 3. The molecule has 6 atom stereocenters. The number of carbonyl (C=O) groups is 1. The maximum absolute atomic E-state index is 12.6. The number of rotatable bonds is 11. The van der Waals surface area contributed by atoms with Gasteiger partial charge in [-0.25, -0.2) is 9.88 Å². The van der Waals surface area contributed by atoms with Crippen LogP contribution in [-0.2, 0) is 30.6 Å². The van der Waals surface area contributed by atoms with Crippen molar-refractivity contribution in [2.45, 2.75) is 57.8 Å². The van der Waals surface area contributed by atoms with E-state index in [2.05, 4.69) is 16.0 Å². The van der Waals surface area contributed by atoms with Crippen molar-refractivity contribution in [3.8, 4) is 18.1 Å². The van der Waals surface area contributed by atoms with Crippen LogP contribution in [0.4, 0.5) is 0 Å². The molecule has 1 aliphatic rings. The van der Waals surface area contributed by atoms with E-state index in [-0.39, 0.29) is 12.7 Å². The molecular weight excluding hydrogens is 521 g/mol. The zero-order valence-corrected chi connectivity index (χ0v) is 22.3. The van der Waals surface area contributed by atoms with Crippen molar-refractivity contribution in [3.05, 3.63) is 63.4 Å². The summed E-state index contributed by atoms with van der Waals surface area (Å²) < 4.78 is 24.3. The molecule has 1 aliphatic heterocycles. The summed E-state index contributed by atoms with van der Waals surface area (Å²) in [7, 11) is 0. The van der Waals surface area contributed by atoms with Gasteiger partial charge in [0.05, 0.1) is 18.6 Å². The Hall–Kier alpha value is -2.78. The molecule has 2 unspecified atom stereocenters. The molecule has 0 amide bonds. The van der Waals surface area contributed by atoms with Crippen molar-refractivity contribution in [2.24, 2.45) is 5.92 Å². The summed E-state index contributed by atoms with van der Waals surface area (Å²) in [6.07, 6.45) is 3.62. The fraction of sp³-hybridized carbons (Fsp3) is 0.458. The summed E-state index contributed by atoms with van der Waals surface area (Å²) in [6, 6.07) is 9.03. The Balaban J connectivity index is 1.82. The van der Waals surface area contributed by atoms with Crippen molar-refractivity contribution in [2.75, 3.05) is 6.61 Å². The van der Waals surface area contributed by atoms with E-state index in [0.29, 0.717) is 12.2 Å². The van der Waals surface area contributed by atoms with Crippen molar-refractivity contribution >= 4 is 24.4 Å². The Labute approximate surface area is 219 Å². The van der Waals surface area contributed by atoms with Crippen molar-refractivity contribution in [1.29, 1.82) is 0 Å². The van der Waals surface area contributed by atoms with E-state index < -0.39 is 54.3 Å². The van der Waals surface area contributed by atoms with Gasteiger partial charge in [-0.2, -0.15) is 0 Å². The van der Waals surface area contributed by atoms with Crippen molar-refractivity contribution in [1.82, 2.24) is 14.6 Å². The number of aliphatic hydroxyl groups is 1. The molecule has 0 radical (unpaired) electrons. The normalized spacial score (nSPS) is 23.7. The third-order valence-electron chi connectivity index (χ3n) is 5.42. The van der Waals surface area contributed by atoms with Crippen LogP contribution in [0.25, 0.3) is 0 Å². The molecule has 2 heterocycles. The molecule has 1 aromatic heterocycles. The van der Waals surface area contributed by atoms with Crippen LogP contribution >= 0.6 is 6.64 Å². The first-order valence-electron chi connectivity index (χ1n) is 11.7. The van der Waals surface area contributed by atoms with Gasteiger partial charge in [0.1, 0.15) is 24.0 Å². The number of hydrogen-bond acceptors (Lipinski definition) is 9. The van der Waals surface area contributed by atoms with Gasteiger partial charge in [0.25, 0.3) is 5.56 Å². The Kier molecular flexibility index (Phi) is 9.84. The second-order valence-corrected chi connectivity index (χ2v) is 11.7. The summed E-state index contributed by atoms with van der Waals surface area (Å²) in [5, 5.41) is 13.8. The number of aliphatic hydroxyl groups excluding tert-OH is 1. The minimum Gasteiger partial charge on any atom is -0.462 e. The summed E-state index contributed by atoms with van der Waals surface area (Å²) in [4.78, 5) is 38.4. The SMILES string of the molecule is C#CC1[C@H](n2ccc(=O)[nH]c2=O)O[C@H](COP(=S)(N[C@@H](CC)C(=O)OC(C)C)Oc2ccccc2)[C@H]1O. The highest BCUT2D eigenvalue weighted by Crippen LogP contribution is 2.47. The maximum atomic E-state index is 12.6. The number of carbonyl (C=O) groups excluding carboxylic acids is 1. The van der Waals surface area contributed by atoms with Gasteiger partial charge in [-0.1, -0.05) is 31.0 Å².